The first kappa shape index (κ1) is 19.6. The molecule has 0 aliphatic heterocycles. The topological polar surface area (TPSA) is 68.5 Å². The van der Waals surface area contributed by atoms with Gasteiger partial charge in [0.05, 0.1) is 0 Å². The number of carbonyl (C=O) groups is 2. The number of amides is 1. The highest BCUT2D eigenvalue weighted by atomic mass is 19.1. The monoisotopic (exact) mass is 383 g/mol. The number of halogens is 1. The van der Waals surface area contributed by atoms with Crippen molar-refractivity contribution >= 4 is 28.5 Å². The minimum absolute atomic E-state index is 0.00471. The first-order chi connectivity index (χ1) is 13.3. The standard InChI is InChI=1S/C22H22FNO4/c1-12(2)15-8-5-6-11-18(15)24-21(25)14(4)27-22(26)19-13(3)16-9-7-10-17(23)20(16)28-19/h5-12,14H,1-4H3,(H,24,25)/t14-/m0/s1. The zero-order valence-corrected chi connectivity index (χ0v) is 16.2. The van der Waals surface area contributed by atoms with Crippen LogP contribution >= 0.6 is 0 Å². The lowest BCUT2D eigenvalue weighted by Crippen LogP contribution is -2.30. The number of anilines is 1. The van der Waals surface area contributed by atoms with Crippen LogP contribution in [0.25, 0.3) is 11.0 Å². The average Bonchev–Trinajstić information content (AvgIpc) is 3.00. The number of para-hydroxylation sites is 2. The van der Waals surface area contributed by atoms with Gasteiger partial charge in [0.2, 0.25) is 5.76 Å². The van der Waals surface area contributed by atoms with Crippen LogP contribution in [0.3, 0.4) is 0 Å². The Bertz CT molecular complexity index is 1040. The second-order valence-electron chi connectivity index (χ2n) is 6.95. The fraction of sp³-hybridized carbons (Fsp3) is 0.273. The summed E-state index contributed by atoms with van der Waals surface area (Å²) in [5.74, 6) is -1.71. The number of nitrogens with one attached hydrogen (secondary N) is 1. The van der Waals surface area contributed by atoms with E-state index in [2.05, 4.69) is 5.32 Å². The molecule has 0 saturated carbocycles. The van der Waals surface area contributed by atoms with Crippen LogP contribution in [0, 0.1) is 12.7 Å². The van der Waals surface area contributed by atoms with E-state index in [9.17, 15) is 14.0 Å². The molecular weight excluding hydrogens is 361 g/mol. The first-order valence-corrected chi connectivity index (χ1v) is 9.08. The van der Waals surface area contributed by atoms with Gasteiger partial charge in [0, 0.05) is 16.6 Å². The van der Waals surface area contributed by atoms with Gasteiger partial charge in [-0.15, -0.1) is 0 Å². The normalized spacial score (nSPS) is 12.2. The number of carbonyl (C=O) groups excluding carboxylic acids is 2. The van der Waals surface area contributed by atoms with E-state index in [4.69, 9.17) is 9.15 Å². The maximum atomic E-state index is 13.9. The van der Waals surface area contributed by atoms with Crippen molar-refractivity contribution < 1.29 is 23.1 Å². The highest BCUT2D eigenvalue weighted by molar-refractivity contribution is 5.99. The van der Waals surface area contributed by atoms with Gasteiger partial charge < -0.3 is 14.5 Å². The van der Waals surface area contributed by atoms with Crippen molar-refractivity contribution in [2.24, 2.45) is 0 Å². The molecular formula is C22H22FNO4. The van der Waals surface area contributed by atoms with Crippen LogP contribution < -0.4 is 5.32 Å². The smallest absolute Gasteiger partial charge is 0.375 e. The summed E-state index contributed by atoms with van der Waals surface area (Å²) in [7, 11) is 0. The van der Waals surface area contributed by atoms with E-state index in [1.165, 1.54) is 19.1 Å². The Hall–Kier alpha value is -3.15. The summed E-state index contributed by atoms with van der Waals surface area (Å²) in [6.07, 6.45) is -1.05. The molecule has 3 rings (SSSR count). The van der Waals surface area contributed by atoms with Gasteiger partial charge in [-0.1, -0.05) is 44.2 Å². The number of fused-ring (bicyclic) bond motifs is 1. The number of esters is 1. The van der Waals surface area contributed by atoms with E-state index in [-0.39, 0.29) is 17.3 Å². The Morgan fingerprint density at radius 1 is 1.07 bits per heavy atom. The SMILES string of the molecule is Cc1c(C(=O)O[C@@H](C)C(=O)Nc2ccccc2C(C)C)oc2c(F)cccc12. The molecule has 6 heteroatoms. The zero-order valence-electron chi connectivity index (χ0n) is 16.2. The van der Waals surface area contributed by atoms with Crippen LogP contribution in [0.2, 0.25) is 0 Å². The molecule has 0 bridgehead atoms. The molecule has 146 valence electrons. The number of benzene rings is 2. The van der Waals surface area contributed by atoms with Crippen molar-refractivity contribution in [1.82, 2.24) is 0 Å². The van der Waals surface area contributed by atoms with Crippen LogP contribution in [-0.2, 0) is 9.53 Å². The van der Waals surface area contributed by atoms with Crippen LogP contribution in [0.5, 0.6) is 0 Å². The molecule has 1 N–H and O–H groups in total. The van der Waals surface area contributed by atoms with Crippen molar-refractivity contribution in [3.05, 3.63) is 65.2 Å². The van der Waals surface area contributed by atoms with Gasteiger partial charge >= 0.3 is 5.97 Å². The molecule has 2 aromatic carbocycles. The van der Waals surface area contributed by atoms with Gasteiger partial charge in [0.15, 0.2) is 17.5 Å². The van der Waals surface area contributed by atoms with E-state index in [0.717, 1.165) is 5.56 Å². The minimum Gasteiger partial charge on any atom is -0.447 e. The van der Waals surface area contributed by atoms with Crippen molar-refractivity contribution in [2.75, 3.05) is 5.32 Å². The Labute approximate surface area is 162 Å². The average molecular weight is 383 g/mol. The number of furan rings is 1. The molecule has 0 radical (unpaired) electrons. The van der Waals surface area contributed by atoms with Crippen LogP contribution in [0.15, 0.2) is 46.9 Å². The van der Waals surface area contributed by atoms with Crippen molar-refractivity contribution in [3.63, 3.8) is 0 Å². The molecule has 28 heavy (non-hydrogen) atoms. The number of hydrogen-bond acceptors (Lipinski definition) is 4. The van der Waals surface area contributed by atoms with E-state index >= 15 is 0 Å². The molecule has 0 unspecified atom stereocenters. The largest absolute Gasteiger partial charge is 0.447 e. The van der Waals surface area contributed by atoms with Gasteiger partial charge in [0.1, 0.15) is 0 Å². The lowest BCUT2D eigenvalue weighted by Gasteiger charge is -2.16. The molecule has 1 aromatic heterocycles. The van der Waals surface area contributed by atoms with Crippen molar-refractivity contribution in [1.29, 1.82) is 0 Å². The Kier molecular flexibility index (Phi) is 5.49. The molecule has 3 aromatic rings. The Morgan fingerprint density at radius 2 is 1.79 bits per heavy atom. The van der Waals surface area contributed by atoms with Crippen LogP contribution in [0.1, 0.15) is 48.4 Å². The molecule has 1 amide bonds. The maximum Gasteiger partial charge on any atom is 0.375 e. The van der Waals surface area contributed by atoms with Crippen molar-refractivity contribution in [3.8, 4) is 0 Å². The Morgan fingerprint density at radius 3 is 2.46 bits per heavy atom. The Balaban J connectivity index is 1.75. The van der Waals surface area contributed by atoms with Gasteiger partial charge in [-0.2, -0.15) is 0 Å². The lowest BCUT2D eigenvalue weighted by atomic mass is 10.0. The minimum atomic E-state index is -1.05. The van der Waals surface area contributed by atoms with Gasteiger partial charge in [-0.3, -0.25) is 4.79 Å². The number of rotatable bonds is 5. The zero-order chi connectivity index (χ0) is 20.4. The molecule has 0 fully saturated rings. The second kappa shape index (κ2) is 7.84. The van der Waals surface area contributed by atoms with Crippen LogP contribution in [0.4, 0.5) is 10.1 Å². The third kappa shape index (κ3) is 3.76. The first-order valence-electron chi connectivity index (χ1n) is 9.08. The van der Waals surface area contributed by atoms with E-state index in [1.807, 2.05) is 32.0 Å². The summed E-state index contributed by atoms with van der Waals surface area (Å²) in [6.45, 7) is 7.17. The van der Waals surface area contributed by atoms with Gasteiger partial charge in [0.25, 0.3) is 5.91 Å². The van der Waals surface area contributed by atoms with E-state index in [1.54, 1.807) is 19.1 Å². The quantitative estimate of drug-likeness (QED) is 0.616. The van der Waals surface area contributed by atoms with E-state index in [0.29, 0.717) is 16.6 Å². The third-order valence-electron chi connectivity index (χ3n) is 4.59. The summed E-state index contributed by atoms with van der Waals surface area (Å²) in [6, 6.07) is 11.9. The number of aryl methyl sites for hydroxylation is 1. The summed E-state index contributed by atoms with van der Waals surface area (Å²) in [4.78, 5) is 25.0. The van der Waals surface area contributed by atoms with Crippen LogP contribution in [-0.4, -0.2) is 18.0 Å². The second-order valence-corrected chi connectivity index (χ2v) is 6.95. The summed E-state index contributed by atoms with van der Waals surface area (Å²) in [5.41, 5.74) is 2.12. The summed E-state index contributed by atoms with van der Waals surface area (Å²) >= 11 is 0. The molecule has 0 aliphatic carbocycles. The highest BCUT2D eigenvalue weighted by Crippen LogP contribution is 2.28. The maximum absolute atomic E-state index is 13.9. The predicted molar refractivity (Wildman–Crippen MR) is 105 cm³/mol. The predicted octanol–water partition coefficient (Wildman–Crippen LogP) is 5.19. The lowest BCUT2D eigenvalue weighted by molar-refractivity contribution is -0.123. The number of hydrogen-bond donors (Lipinski definition) is 1. The molecule has 0 spiro atoms. The molecule has 0 aliphatic rings. The molecule has 5 nitrogen and oxygen atoms in total. The molecule has 1 heterocycles. The van der Waals surface area contributed by atoms with Gasteiger partial charge in [-0.05, 0) is 37.5 Å². The molecule has 1 atom stereocenters. The van der Waals surface area contributed by atoms with Gasteiger partial charge in [-0.25, -0.2) is 9.18 Å². The fourth-order valence-electron chi connectivity index (χ4n) is 3.02. The summed E-state index contributed by atoms with van der Waals surface area (Å²) in [5, 5.41) is 3.29. The van der Waals surface area contributed by atoms with E-state index < -0.39 is 23.8 Å². The highest BCUT2D eigenvalue weighted by Gasteiger charge is 2.25. The summed E-state index contributed by atoms with van der Waals surface area (Å²) < 4.78 is 24.5. The molecule has 0 saturated heterocycles. The third-order valence-corrected chi connectivity index (χ3v) is 4.59. The van der Waals surface area contributed by atoms with Crippen molar-refractivity contribution in [2.45, 2.75) is 39.7 Å². The fourth-order valence-corrected chi connectivity index (χ4v) is 3.02. The number of ether oxygens (including phenoxy) is 1.